The van der Waals surface area contributed by atoms with Gasteiger partial charge in [0.15, 0.2) is 0 Å². The lowest BCUT2D eigenvalue weighted by molar-refractivity contribution is 0.533. The van der Waals surface area contributed by atoms with Crippen LogP contribution in [0.15, 0.2) is 14.1 Å². The van der Waals surface area contributed by atoms with E-state index in [1.165, 1.54) is 11.3 Å². The van der Waals surface area contributed by atoms with Gasteiger partial charge in [-0.25, -0.2) is 13.1 Å². The van der Waals surface area contributed by atoms with Gasteiger partial charge in [-0.1, -0.05) is 22.9 Å². The molecular formula is C10H15Br2NO2S2. The van der Waals surface area contributed by atoms with E-state index < -0.39 is 10.0 Å². The smallest absolute Gasteiger partial charge is 0.210 e. The van der Waals surface area contributed by atoms with E-state index in [2.05, 4.69) is 36.6 Å². The summed E-state index contributed by atoms with van der Waals surface area (Å²) in [6.07, 6.45) is 0.954. The summed E-state index contributed by atoms with van der Waals surface area (Å²) in [5.41, 5.74) is 0.948. The molecule has 0 spiro atoms. The summed E-state index contributed by atoms with van der Waals surface area (Å²) in [7, 11) is -3.35. The van der Waals surface area contributed by atoms with Gasteiger partial charge in [-0.2, -0.15) is 0 Å². The molecule has 1 aromatic rings. The van der Waals surface area contributed by atoms with Crippen LogP contribution in [0.2, 0.25) is 0 Å². The second kappa shape index (κ2) is 6.65. The number of hydrogen-bond donors (Lipinski definition) is 1. The topological polar surface area (TPSA) is 46.2 Å². The number of nitrogens with one attached hydrogen (secondary N) is 1. The summed E-state index contributed by atoms with van der Waals surface area (Å²) in [6.45, 7) is 4.38. The van der Waals surface area contributed by atoms with Crippen LogP contribution in [-0.4, -0.2) is 20.3 Å². The van der Waals surface area contributed by atoms with Crippen molar-refractivity contribution in [2.45, 2.75) is 24.5 Å². The van der Waals surface area contributed by atoms with Gasteiger partial charge in [0.2, 0.25) is 10.0 Å². The van der Waals surface area contributed by atoms with E-state index in [1.807, 2.05) is 13.8 Å². The molecule has 7 heteroatoms. The number of alkyl halides is 1. The van der Waals surface area contributed by atoms with E-state index >= 15 is 0 Å². The van der Waals surface area contributed by atoms with Crippen LogP contribution in [0.5, 0.6) is 0 Å². The maximum Gasteiger partial charge on any atom is 0.250 e. The van der Waals surface area contributed by atoms with Crippen molar-refractivity contribution in [2.24, 2.45) is 5.92 Å². The molecule has 1 atom stereocenters. The van der Waals surface area contributed by atoms with Crippen molar-refractivity contribution in [1.82, 2.24) is 4.72 Å². The van der Waals surface area contributed by atoms with Gasteiger partial charge in [0, 0.05) is 11.9 Å². The molecule has 0 aliphatic carbocycles. The lowest BCUT2D eigenvalue weighted by Gasteiger charge is -2.10. The van der Waals surface area contributed by atoms with E-state index in [1.54, 1.807) is 6.07 Å². The highest BCUT2D eigenvalue weighted by Crippen LogP contribution is 2.30. The minimum Gasteiger partial charge on any atom is -0.210 e. The van der Waals surface area contributed by atoms with Crippen molar-refractivity contribution in [3.8, 4) is 0 Å². The highest BCUT2D eigenvalue weighted by Gasteiger charge is 2.18. The maximum atomic E-state index is 12.0. The average molecular weight is 405 g/mol. The van der Waals surface area contributed by atoms with Gasteiger partial charge < -0.3 is 0 Å². The molecule has 1 rings (SSSR count). The number of thiophene rings is 1. The number of rotatable bonds is 6. The second-order valence-corrected chi connectivity index (χ2v) is 9.11. The van der Waals surface area contributed by atoms with Crippen LogP contribution in [-0.2, 0) is 10.0 Å². The highest BCUT2D eigenvalue weighted by atomic mass is 79.9. The van der Waals surface area contributed by atoms with Gasteiger partial charge in [-0.3, -0.25) is 0 Å². The molecule has 0 saturated carbocycles. The fourth-order valence-electron chi connectivity index (χ4n) is 1.18. The summed E-state index contributed by atoms with van der Waals surface area (Å²) in [5, 5.41) is 0.888. The second-order valence-electron chi connectivity index (χ2n) is 3.96. The van der Waals surface area contributed by atoms with Crippen molar-refractivity contribution < 1.29 is 8.42 Å². The van der Waals surface area contributed by atoms with Gasteiger partial charge in [0.1, 0.15) is 4.21 Å². The van der Waals surface area contributed by atoms with E-state index in [0.29, 0.717) is 16.7 Å². The van der Waals surface area contributed by atoms with E-state index in [9.17, 15) is 8.42 Å². The fraction of sp³-hybridized carbons (Fsp3) is 0.600. The first-order chi connectivity index (χ1) is 7.86. The van der Waals surface area contributed by atoms with Gasteiger partial charge in [0.05, 0.1) is 3.79 Å². The van der Waals surface area contributed by atoms with Crippen molar-refractivity contribution in [3.05, 3.63) is 15.4 Å². The van der Waals surface area contributed by atoms with Crippen molar-refractivity contribution in [3.63, 3.8) is 0 Å². The van der Waals surface area contributed by atoms with E-state index in [4.69, 9.17) is 0 Å². The molecule has 0 saturated heterocycles. The molecule has 0 bridgehead atoms. The Labute approximate surface area is 123 Å². The lowest BCUT2D eigenvalue weighted by Crippen LogP contribution is -2.28. The zero-order valence-corrected chi connectivity index (χ0v) is 14.5. The monoisotopic (exact) mass is 403 g/mol. The summed E-state index contributed by atoms with van der Waals surface area (Å²) in [4.78, 5) is 0. The van der Waals surface area contributed by atoms with Gasteiger partial charge in [-0.15, -0.1) is 11.3 Å². The van der Waals surface area contributed by atoms with Crippen molar-refractivity contribution >= 4 is 53.2 Å². The van der Waals surface area contributed by atoms with Crippen LogP contribution in [0.25, 0.3) is 0 Å². The van der Waals surface area contributed by atoms with Crippen LogP contribution in [0.1, 0.15) is 18.9 Å². The van der Waals surface area contributed by atoms with Crippen LogP contribution < -0.4 is 4.72 Å². The van der Waals surface area contributed by atoms with Crippen molar-refractivity contribution in [2.75, 3.05) is 11.9 Å². The molecule has 0 aliphatic rings. The number of halogens is 2. The Morgan fingerprint density at radius 1 is 1.53 bits per heavy atom. The third-order valence-corrected chi connectivity index (χ3v) is 6.81. The Morgan fingerprint density at radius 3 is 2.65 bits per heavy atom. The molecule has 0 fully saturated rings. The Hall–Kier alpha value is 0.570. The molecule has 0 amide bonds. The highest BCUT2D eigenvalue weighted by molar-refractivity contribution is 9.11. The SMILES string of the molecule is Cc1cc(S(=O)(=O)NCC(C)CCBr)sc1Br. The van der Waals surface area contributed by atoms with Gasteiger partial charge >= 0.3 is 0 Å². The Kier molecular flexibility index (Phi) is 6.12. The summed E-state index contributed by atoms with van der Waals surface area (Å²) in [5.74, 6) is 0.327. The molecule has 3 nitrogen and oxygen atoms in total. The first-order valence-electron chi connectivity index (χ1n) is 5.18. The first-order valence-corrected chi connectivity index (χ1v) is 9.39. The molecule has 0 radical (unpaired) electrons. The quantitative estimate of drug-likeness (QED) is 0.737. The standard InChI is InChI=1S/C10H15Br2NO2S2/c1-7(3-4-11)6-13-17(14,15)9-5-8(2)10(12)16-9/h5,7,13H,3-4,6H2,1-2H3. The predicted molar refractivity (Wildman–Crippen MR) is 79.5 cm³/mol. The number of aryl methyl sites for hydroxylation is 1. The van der Waals surface area contributed by atoms with Gasteiger partial charge in [-0.05, 0) is 46.8 Å². The Bertz CT molecular complexity index is 451. The first kappa shape index (κ1) is 15.6. The summed E-state index contributed by atoms with van der Waals surface area (Å²) < 4.78 is 27.8. The molecule has 1 heterocycles. The van der Waals surface area contributed by atoms with E-state index in [0.717, 1.165) is 21.1 Å². The van der Waals surface area contributed by atoms with E-state index in [-0.39, 0.29) is 0 Å². The summed E-state index contributed by atoms with van der Waals surface area (Å²) in [6, 6.07) is 1.69. The van der Waals surface area contributed by atoms with Crippen LogP contribution in [0.4, 0.5) is 0 Å². The average Bonchev–Trinajstić information content (AvgIpc) is 2.58. The largest absolute Gasteiger partial charge is 0.250 e. The van der Waals surface area contributed by atoms with Crippen LogP contribution >= 0.6 is 43.2 Å². The van der Waals surface area contributed by atoms with Crippen LogP contribution in [0.3, 0.4) is 0 Å². The minimum atomic E-state index is -3.35. The molecule has 17 heavy (non-hydrogen) atoms. The maximum absolute atomic E-state index is 12.0. The predicted octanol–water partition coefficient (Wildman–Crippen LogP) is 3.52. The zero-order valence-electron chi connectivity index (χ0n) is 9.66. The summed E-state index contributed by atoms with van der Waals surface area (Å²) >= 11 is 7.92. The third-order valence-electron chi connectivity index (χ3n) is 2.32. The van der Waals surface area contributed by atoms with Crippen LogP contribution in [0, 0.1) is 12.8 Å². The van der Waals surface area contributed by atoms with Gasteiger partial charge in [0.25, 0.3) is 0 Å². The number of sulfonamides is 1. The fourth-order valence-corrected chi connectivity index (χ4v) is 5.39. The molecule has 98 valence electrons. The zero-order chi connectivity index (χ0) is 13.1. The van der Waals surface area contributed by atoms with Crippen molar-refractivity contribution in [1.29, 1.82) is 0 Å². The molecule has 0 aliphatic heterocycles. The molecule has 1 unspecified atom stereocenters. The molecule has 1 aromatic heterocycles. The number of hydrogen-bond acceptors (Lipinski definition) is 3. The molecular weight excluding hydrogens is 390 g/mol. The minimum absolute atomic E-state index is 0.327. The third kappa shape index (κ3) is 4.63. The lowest BCUT2D eigenvalue weighted by atomic mass is 10.1. The normalized spacial score (nSPS) is 13.9. The Balaban J connectivity index is 2.69. The molecule has 1 N–H and O–H groups in total. The Morgan fingerprint density at radius 2 is 2.18 bits per heavy atom. The molecule has 0 aromatic carbocycles.